The molecule has 0 bridgehead atoms. The van der Waals surface area contributed by atoms with E-state index < -0.39 is 6.04 Å². The minimum atomic E-state index is -0.659. The van der Waals surface area contributed by atoms with Crippen LogP contribution in [0.15, 0.2) is 54.6 Å². The molecule has 0 aliphatic rings. The number of nitrogens with zero attached hydrogens (tertiary/aromatic N) is 1. The predicted octanol–water partition coefficient (Wildman–Crippen LogP) is 4.20. The van der Waals surface area contributed by atoms with Crippen LogP contribution in [0.4, 0.5) is 5.69 Å². The number of benzene rings is 2. The largest absolute Gasteiger partial charge is 0.372 e. The number of anilines is 1. The highest BCUT2D eigenvalue weighted by Crippen LogP contribution is 2.26. The Kier molecular flexibility index (Phi) is 4.93. The summed E-state index contributed by atoms with van der Waals surface area (Å²) in [6.07, 6.45) is 0.478. The van der Waals surface area contributed by atoms with E-state index in [0.717, 1.165) is 16.8 Å². The van der Waals surface area contributed by atoms with Crippen molar-refractivity contribution in [2.75, 3.05) is 5.32 Å². The first-order chi connectivity index (χ1) is 10.1. The average Bonchev–Trinajstić information content (AvgIpc) is 2.49. The summed E-state index contributed by atoms with van der Waals surface area (Å²) in [4.78, 5) is 11.2. The fourth-order valence-corrected chi connectivity index (χ4v) is 2.40. The van der Waals surface area contributed by atoms with Crippen LogP contribution in [0.1, 0.15) is 30.5 Å². The van der Waals surface area contributed by atoms with Crippen LogP contribution in [0, 0.1) is 17.0 Å². The number of aryl methyl sites for hydroxylation is 1. The molecule has 0 aromatic heterocycles. The lowest BCUT2D eigenvalue weighted by atomic mass is 9.97. The summed E-state index contributed by atoms with van der Waals surface area (Å²) in [5.41, 5.74) is 2.99. The summed E-state index contributed by atoms with van der Waals surface area (Å²) in [6.45, 7) is 3.87. The summed E-state index contributed by atoms with van der Waals surface area (Å²) in [6, 6.07) is 16.5. The van der Waals surface area contributed by atoms with E-state index in [1.807, 2.05) is 68.4 Å². The van der Waals surface area contributed by atoms with Gasteiger partial charge in [0.2, 0.25) is 6.04 Å². The van der Waals surface area contributed by atoms with E-state index in [4.69, 9.17) is 0 Å². The van der Waals surface area contributed by atoms with E-state index >= 15 is 0 Å². The first-order valence-corrected chi connectivity index (χ1v) is 7.13. The second-order valence-electron chi connectivity index (χ2n) is 5.16. The number of nitro groups is 1. The Labute approximate surface area is 125 Å². The van der Waals surface area contributed by atoms with Crippen molar-refractivity contribution >= 4 is 5.69 Å². The van der Waals surface area contributed by atoms with Gasteiger partial charge in [-0.15, -0.1) is 0 Å². The lowest BCUT2D eigenvalue weighted by molar-refractivity contribution is -0.526. The second-order valence-corrected chi connectivity index (χ2v) is 5.16. The lowest BCUT2D eigenvalue weighted by Crippen LogP contribution is -2.32. The maximum Gasteiger partial charge on any atom is 0.236 e. The molecule has 4 nitrogen and oxygen atoms in total. The smallest absolute Gasteiger partial charge is 0.236 e. The van der Waals surface area contributed by atoms with Gasteiger partial charge in [0, 0.05) is 17.0 Å². The molecule has 21 heavy (non-hydrogen) atoms. The van der Waals surface area contributed by atoms with Crippen molar-refractivity contribution in [3.8, 4) is 0 Å². The van der Waals surface area contributed by atoms with Crippen LogP contribution in [-0.4, -0.2) is 11.0 Å². The van der Waals surface area contributed by atoms with Crippen molar-refractivity contribution in [2.24, 2.45) is 0 Å². The van der Waals surface area contributed by atoms with E-state index in [1.54, 1.807) is 0 Å². The number of nitrogens with one attached hydrogen (secondary N) is 1. The minimum absolute atomic E-state index is 0.196. The molecule has 0 aliphatic carbocycles. The molecule has 4 heteroatoms. The molecule has 1 N–H and O–H groups in total. The molecule has 0 saturated carbocycles. The molecule has 0 radical (unpaired) electrons. The molecule has 2 atom stereocenters. The summed E-state index contributed by atoms with van der Waals surface area (Å²) in [5, 5.41) is 14.7. The highest BCUT2D eigenvalue weighted by molar-refractivity contribution is 5.47. The lowest BCUT2D eigenvalue weighted by Gasteiger charge is -2.23. The van der Waals surface area contributed by atoms with Crippen molar-refractivity contribution in [3.05, 3.63) is 75.8 Å². The Balaban J connectivity index is 2.31. The fraction of sp³-hybridized carbons (Fsp3) is 0.294. The summed E-state index contributed by atoms with van der Waals surface area (Å²) >= 11 is 0. The van der Waals surface area contributed by atoms with Crippen LogP contribution in [-0.2, 0) is 0 Å². The third-order valence-electron chi connectivity index (χ3n) is 3.61. The summed E-state index contributed by atoms with van der Waals surface area (Å²) in [7, 11) is 0. The molecule has 0 spiro atoms. The van der Waals surface area contributed by atoms with Crippen LogP contribution >= 0.6 is 0 Å². The van der Waals surface area contributed by atoms with Crippen LogP contribution < -0.4 is 5.32 Å². The van der Waals surface area contributed by atoms with Gasteiger partial charge in [-0.1, -0.05) is 55.0 Å². The molecule has 0 heterocycles. The molecule has 0 unspecified atom stereocenters. The molecule has 0 amide bonds. The van der Waals surface area contributed by atoms with Gasteiger partial charge < -0.3 is 5.32 Å². The molecule has 0 saturated heterocycles. The fourth-order valence-electron chi connectivity index (χ4n) is 2.40. The molecule has 0 fully saturated rings. The third-order valence-corrected chi connectivity index (χ3v) is 3.61. The Morgan fingerprint density at radius 1 is 1.10 bits per heavy atom. The van der Waals surface area contributed by atoms with Crippen LogP contribution in [0.3, 0.4) is 0 Å². The predicted molar refractivity (Wildman–Crippen MR) is 85.1 cm³/mol. The van der Waals surface area contributed by atoms with Crippen molar-refractivity contribution in [1.29, 1.82) is 0 Å². The first-order valence-electron chi connectivity index (χ1n) is 7.13. The SMILES string of the molecule is CC[C@H]([C@H](Nc1ccc(C)cc1)c1ccccc1)[N+](=O)[O-]. The maximum absolute atomic E-state index is 11.4. The Morgan fingerprint density at radius 3 is 2.24 bits per heavy atom. The van der Waals surface area contributed by atoms with Gasteiger partial charge in [-0.25, -0.2) is 0 Å². The third kappa shape index (κ3) is 3.81. The minimum Gasteiger partial charge on any atom is -0.372 e. The molecular formula is C17H20N2O2. The topological polar surface area (TPSA) is 55.2 Å². The zero-order chi connectivity index (χ0) is 15.2. The maximum atomic E-state index is 11.4. The Morgan fingerprint density at radius 2 is 1.71 bits per heavy atom. The highest BCUT2D eigenvalue weighted by atomic mass is 16.6. The standard InChI is InChI=1S/C17H20N2O2/c1-3-16(19(20)21)17(14-7-5-4-6-8-14)18-15-11-9-13(2)10-12-15/h4-12,16-18H,3H2,1-2H3/t16-,17-/m1/s1. The Hall–Kier alpha value is -2.36. The van der Waals surface area contributed by atoms with Crippen LogP contribution in [0.2, 0.25) is 0 Å². The van der Waals surface area contributed by atoms with Gasteiger partial charge in [-0.05, 0) is 24.6 Å². The molecule has 2 aromatic carbocycles. The van der Waals surface area contributed by atoms with Crippen molar-refractivity contribution < 1.29 is 4.92 Å². The van der Waals surface area contributed by atoms with E-state index in [0.29, 0.717) is 6.42 Å². The van der Waals surface area contributed by atoms with E-state index in [9.17, 15) is 10.1 Å². The molecule has 110 valence electrons. The highest BCUT2D eigenvalue weighted by Gasteiger charge is 2.30. The monoisotopic (exact) mass is 284 g/mol. The van der Waals surface area contributed by atoms with Crippen LogP contribution in [0.25, 0.3) is 0 Å². The van der Waals surface area contributed by atoms with Gasteiger partial charge in [0.05, 0.1) is 0 Å². The quantitative estimate of drug-likeness (QED) is 0.638. The molecular weight excluding hydrogens is 264 g/mol. The van der Waals surface area contributed by atoms with Gasteiger partial charge in [0.15, 0.2) is 0 Å². The first kappa shape index (κ1) is 15.0. The second kappa shape index (κ2) is 6.88. The summed E-state index contributed by atoms with van der Waals surface area (Å²) in [5.74, 6) is 0. The zero-order valence-corrected chi connectivity index (χ0v) is 12.3. The van der Waals surface area contributed by atoms with Crippen molar-refractivity contribution in [3.63, 3.8) is 0 Å². The van der Waals surface area contributed by atoms with Gasteiger partial charge in [0.25, 0.3) is 0 Å². The number of hydrogen-bond donors (Lipinski definition) is 1. The van der Waals surface area contributed by atoms with Crippen LogP contribution in [0.5, 0.6) is 0 Å². The average molecular weight is 284 g/mol. The zero-order valence-electron chi connectivity index (χ0n) is 12.3. The van der Waals surface area contributed by atoms with E-state index in [-0.39, 0.29) is 11.0 Å². The number of rotatable bonds is 6. The molecule has 2 aromatic rings. The normalized spacial score (nSPS) is 13.4. The molecule has 2 rings (SSSR count). The van der Waals surface area contributed by atoms with Crippen molar-refractivity contribution in [2.45, 2.75) is 32.4 Å². The van der Waals surface area contributed by atoms with E-state index in [1.165, 1.54) is 0 Å². The van der Waals surface area contributed by atoms with Crippen molar-refractivity contribution in [1.82, 2.24) is 0 Å². The van der Waals surface area contributed by atoms with E-state index in [2.05, 4.69) is 5.32 Å². The van der Waals surface area contributed by atoms with Gasteiger partial charge in [-0.3, -0.25) is 10.1 Å². The van der Waals surface area contributed by atoms with Gasteiger partial charge in [-0.2, -0.15) is 0 Å². The Bertz CT molecular complexity index is 581. The van der Waals surface area contributed by atoms with Gasteiger partial charge in [0.1, 0.15) is 6.04 Å². The number of hydrogen-bond acceptors (Lipinski definition) is 3. The van der Waals surface area contributed by atoms with Gasteiger partial charge >= 0.3 is 0 Å². The summed E-state index contributed by atoms with van der Waals surface area (Å²) < 4.78 is 0. The molecule has 0 aliphatic heterocycles.